The van der Waals surface area contributed by atoms with E-state index in [9.17, 15) is 0 Å². The van der Waals surface area contributed by atoms with E-state index in [0.717, 1.165) is 19.5 Å². The summed E-state index contributed by atoms with van der Waals surface area (Å²) in [4.78, 5) is 2.24. The summed E-state index contributed by atoms with van der Waals surface area (Å²) in [7, 11) is 0. The maximum Gasteiger partial charge on any atom is 0.0868 e. The summed E-state index contributed by atoms with van der Waals surface area (Å²) in [6, 6.07) is 7.06. The molecule has 0 spiro atoms. The van der Waals surface area contributed by atoms with E-state index < -0.39 is 0 Å². The lowest BCUT2D eigenvalue weighted by Gasteiger charge is -2.29. The summed E-state index contributed by atoms with van der Waals surface area (Å²) < 4.78 is 0. The number of rotatable bonds is 3. The molecular formula is C17H24N2. The third kappa shape index (κ3) is 2.98. The molecule has 1 aromatic rings. The average molecular weight is 256 g/mol. The lowest BCUT2D eigenvalue weighted by atomic mass is 9.85. The van der Waals surface area contributed by atoms with Gasteiger partial charge in [0.2, 0.25) is 0 Å². The van der Waals surface area contributed by atoms with Crippen LogP contribution in [-0.2, 0) is 13.0 Å². The normalized spacial score (nSPS) is 15.6. The zero-order valence-corrected chi connectivity index (χ0v) is 12.5. The summed E-state index contributed by atoms with van der Waals surface area (Å²) in [5.74, 6) is 1.15. The van der Waals surface area contributed by atoms with Crippen LogP contribution in [0.4, 0.5) is 0 Å². The molecule has 0 aliphatic carbocycles. The van der Waals surface area contributed by atoms with Gasteiger partial charge in [0.25, 0.3) is 0 Å². The van der Waals surface area contributed by atoms with Crippen molar-refractivity contribution in [3.05, 3.63) is 34.4 Å². The Morgan fingerprint density at radius 2 is 1.68 bits per heavy atom. The molecule has 0 atom stereocenters. The quantitative estimate of drug-likeness (QED) is 0.769. The third-order valence-electron chi connectivity index (χ3n) is 4.03. The van der Waals surface area contributed by atoms with Crippen LogP contribution in [0.2, 0.25) is 0 Å². The molecule has 0 saturated heterocycles. The minimum absolute atomic E-state index is 0.544. The van der Waals surface area contributed by atoms with E-state index in [1.54, 1.807) is 0 Å². The van der Waals surface area contributed by atoms with Gasteiger partial charge in [-0.25, -0.2) is 0 Å². The lowest BCUT2D eigenvalue weighted by Crippen LogP contribution is -2.31. The van der Waals surface area contributed by atoms with Crippen LogP contribution in [0.5, 0.6) is 0 Å². The first-order valence-electron chi connectivity index (χ1n) is 7.27. The molecule has 0 aromatic heterocycles. The van der Waals surface area contributed by atoms with Gasteiger partial charge in [0.1, 0.15) is 0 Å². The van der Waals surface area contributed by atoms with Crippen LogP contribution in [0.25, 0.3) is 0 Å². The molecule has 102 valence electrons. The van der Waals surface area contributed by atoms with Gasteiger partial charge in [0.15, 0.2) is 0 Å². The first-order valence-corrected chi connectivity index (χ1v) is 7.27. The van der Waals surface area contributed by atoms with Gasteiger partial charge in [-0.05, 0) is 40.5 Å². The van der Waals surface area contributed by atoms with Crippen LogP contribution >= 0.6 is 0 Å². The van der Waals surface area contributed by atoms with Crippen LogP contribution in [-0.4, -0.2) is 18.0 Å². The number of hydrogen-bond acceptors (Lipinski definition) is 2. The Labute approximate surface area is 117 Å². The van der Waals surface area contributed by atoms with E-state index >= 15 is 0 Å². The molecule has 2 rings (SSSR count). The van der Waals surface area contributed by atoms with Crippen molar-refractivity contribution in [2.45, 2.75) is 52.5 Å². The van der Waals surface area contributed by atoms with Crippen LogP contribution in [0.15, 0.2) is 12.1 Å². The number of nitrogens with zero attached hydrogens (tertiary/aromatic N) is 2. The topological polar surface area (TPSA) is 27.0 Å². The van der Waals surface area contributed by atoms with Gasteiger partial charge in [0, 0.05) is 13.1 Å². The highest BCUT2D eigenvalue weighted by Crippen LogP contribution is 2.31. The van der Waals surface area contributed by atoms with Gasteiger partial charge in [-0.1, -0.05) is 39.8 Å². The van der Waals surface area contributed by atoms with Crippen molar-refractivity contribution >= 4 is 0 Å². The molecule has 1 aliphatic rings. The highest BCUT2D eigenvalue weighted by molar-refractivity contribution is 5.42. The van der Waals surface area contributed by atoms with Crippen molar-refractivity contribution in [3.8, 4) is 6.07 Å². The Hall–Kier alpha value is -1.33. The van der Waals surface area contributed by atoms with Crippen LogP contribution in [0, 0.1) is 11.3 Å². The molecule has 0 amide bonds. The molecule has 19 heavy (non-hydrogen) atoms. The predicted octanol–water partition coefficient (Wildman–Crippen LogP) is 3.82. The van der Waals surface area contributed by atoms with E-state index in [1.165, 1.54) is 22.3 Å². The second kappa shape index (κ2) is 5.75. The summed E-state index contributed by atoms with van der Waals surface area (Å²) in [5, 5.41) is 8.83. The van der Waals surface area contributed by atoms with E-state index in [0.29, 0.717) is 18.4 Å². The van der Waals surface area contributed by atoms with Gasteiger partial charge in [-0.15, -0.1) is 0 Å². The highest BCUT2D eigenvalue weighted by Gasteiger charge is 2.20. The van der Waals surface area contributed by atoms with Gasteiger partial charge in [-0.2, -0.15) is 5.26 Å². The van der Waals surface area contributed by atoms with Crippen LogP contribution in [0.1, 0.15) is 61.8 Å². The zero-order valence-electron chi connectivity index (χ0n) is 12.5. The second-order valence-corrected chi connectivity index (χ2v) is 6.18. The fourth-order valence-corrected chi connectivity index (χ4v) is 2.94. The molecule has 2 nitrogen and oxygen atoms in total. The summed E-state index contributed by atoms with van der Waals surface area (Å²) >= 11 is 0. The molecule has 0 radical (unpaired) electrons. The molecular weight excluding hydrogens is 232 g/mol. The minimum Gasteiger partial charge on any atom is -0.286 e. The lowest BCUT2D eigenvalue weighted by molar-refractivity contribution is 0.285. The zero-order chi connectivity index (χ0) is 14.0. The monoisotopic (exact) mass is 256 g/mol. The van der Waals surface area contributed by atoms with Crippen LogP contribution < -0.4 is 0 Å². The number of hydrogen-bond donors (Lipinski definition) is 0. The van der Waals surface area contributed by atoms with E-state index in [2.05, 4.69) is 50.8 Å². The van der Waals surface area contributed by atoms with Gasteiger partial charge in [-0.3, -0.25) is 4.90 Å². The SMILES string of the molecule is CC(C)c1cc2c(cc1C(C)C)CN(CC#N)CC2. The first kappa shape index (κ1) is 14.1. The summed E-state index contributed by atoms with van der Waals surface area (Å²) in [6.07, 6.45) is 1.08. The van der Waals surface area contributed by atoms with Gasteiger partial charge in [0.05, 0.1) is 12.6 Å². The average Bonchev–Trinajstić information content (AvgIpc) is 2.37. The Kier molecular flexibility index (Phi) is 4.27. The maximum atomic E-state index is 8.83. The van der Waals surface area contributed by atoms with E-state index in [1.807, 2.05) is 0 Å². The van der Waals surface area contributed by atoms with E-state index in [-0.39, 0.29) is 0 Å². The van der Waals surface area contributed by atoms with Gasteiger partial charge < -0.3 is 0 Å². The Balaban J connectivity index is 2.38. The molecule has 1 aromatic carbocycles. The standard InChI is InChI=1S/C17H24N2/c1-12(2)16-9-14-5-7-19(8-6-18)11-15(14)10-17(16)13(3)4/h9-10,12-13H,5,7-8,11H2,1-4H3. The molecule has 0 fully saturated rings. The molecule has 2 heteroatoms. The highest BCUT2D eigenvalue weighted by atomic mass is 15.1. The third-order valence-corrected chi connectivity index (χ3v) is 4.03. The van der Waals surface area contributed by atoms with Crippen molar-refractivity contribution in [1.29, 1.82) is 5.26 Å². The second-order valence-electron chi connectivity index (χ2n) is 6.18. The van der Waals surface area contributed by atoms with Crippen LogP contribution in [0.3, 0.4) is 0 Å². The summed E-state index contributed by atoms with van der Waals surface area (Å²) in [5.41, 5.74) is 5.90. The maximum absolute atomic E-state index is 8.83. The minimum atomic E-state index is 0.544. The fourth-order valence-electron chi connectivity index (χ4n) is 2.94. The Morgan fingerprint density at radius 1 is 1.11 bits per heavy atom. The Bertz CT molecular complexity index is 495. The number of benzene rings is 1. The number of nitriles is 1. The summed E-state index contributed by atoms with van der Waals surface area (Å²) in [6.45, 7) is 11.6. The molecule has 0 bridgehead atoms. The molecule has 0 unspecified atom stereocenters. The van der Waals surface area contributed by atoms with Crippen molar-refractivity contribution in [3.63, 3.8) is 0 Å². The van der Waals surface area contributed by atoms with Crippen molar-refractivity contribution in [2.24, 2.45) is 0 Å². The Morgan fingerprint density at radius 3 is 2.21 bits per heavy atom. The molecule has 1 aliphatic heterocycles. The largest absolute Gasteiger partial charge is 0.286 e. The molecule has 1 heterocycles. The van der Waals surface area contributed by atoms with Gasteiger partial charge >= 0.3 is 0 Å². The van der Waals surface area contributed by atoms with Crippen molar-refractivity contribution < 1.29 is 0 Å². The smallest absolute Gasteiger partial charge is 0.0868 e. The predicted molar refractivity (Wildman–Crippen MR) is 79.2 cm³/mol. The van der Waals surface area contributed by atoms with Crippen molar-refractivity contribution in [1.82, 2.24) is 4.90 Å². The first-order chi connectivity index (χ1) is 9.02. The van der Waals surface area contributed by atoms with E-state index in [4.69, 9.17) is 5.26 Å². The van der Waals surface area contributed by atoms with Crippen molar-refractivity contribution in [2.75, 3.05) is 13.1 Å². The fraction of sp³-hybridized carbons (Fsp3) is 0.588. The molecule has 0 saturated carbocycles. The molecule has 0 N–H and O–H groups in total. The number of fused-ring (bicyclic) bond motifs is 1.